The SMILES string of the molecule is CCCCCCCCCCCCCC(=O)OC[C@@H](COC(=O)CCCCCCCCCCC(C)CC)OC(=O)CCCCCCCCCCCCCCC(C)C. The van der Waals surface area contributed by atoms with Gasteiger partial charge in [-0.1, -0.05) is 234 Å². The number of esters is 3. The number of rotatable bonds is 44. The number of unbranched alkanes of at least 4 members (excludes halogenated alkanes) is 28. The van der Waals surface area contributed by atoms with Gasteiger partial charge in [-0.05, 0) is 31.1 Å². The van der Waals surface area contributed by atoms with Gasteiger partial charge in [0.05, 0.1) is 0 Å². The highest BCUT2D eigenvalue weighted by molar-refractivity contribution is 5.71. The second-order valence-corrected chi connectivity index (χ2v) is 17.8. The molecule has 6 heteroatoms. The second-order valence-electron chi connectivity index (χ2n) is 17.8. The van der Waals surface area contributed by atoms with Crippen molar-refractivity contribution in [2.24, 2.45) is 11.8 Å². The molecule has 0 saturated carbocycles. The van der Waals surface area contributed by atoms with Crippen LogP contribution in [0.5, 0.6) is 0 Å². The monoisotopic (exact) mass is 793 g/mol. The molecule has 0 N–H and O–H groups in total. The van der Waals surface area contributed by atoms with E-state index in [1.165, 1.54) is 161 Å². The van der Waals surface area contributed by atoms with Gasteiger partial charge < -0.3 is 14.2 Å². The van der Waals surface area contributed by atoms with Gasteiger partial charge in [0, 0.05) is 19.3 Å². The van der Waals surface area contributed by atoms with Crippen molar-refractivity contribution in [3.63, 3.8) is 0 Å². The van der Waals surface area contributed by atoms with Gasteiger partial charge in [-0.25, -0.2) is 0 Å². The van der Waals surface area contributed by atoms with E-state index in [1.807, 2.05) is 0 Å². The average molecular weight is 793 g/mol. The molecule has 0 aromatic carbocycles. The molecule has 2 atom stereocenters. The molecule has 0 spiro atoms. The zero-order valence-corrected chi connectivity index (χ0v) is 38.3. The summed E-state index contributed by atoms with van der Waals surface area (Å²) in [5.41, 5.74) is 0. The molecule has 0 aliphatic rings. The number of hydrogen-bond donors (Lipinski definition) is 0. The van der Waals surface area contributed by atoms with Gasteiger partial charge in [-0.15, -0.1) is 0 Å². The lowest BCUT2D eigenvalue weighted by molar-refractivity contribution is -0.167. The third kappa shape index (κ3) is 42.0. The van der Waals surface area contributed by atoms with Gasteiger partial charge in [0.25, 0.3) is 0 Å². The fraction of sp³-hybridized carbons (Fsp3) is 0.940. The van der Waals surface area contributed by atoms with Crippen molar-refractivity contribution in [2.45, 2.75) is 278 Å². The molecule has 56 heavy (non-hydrogen) atoms. The van der Waals surface area contributed by atoms with Gasteiger partial charge in [0.1, 0.15) is 13.2 Å². The first-order valence-electron chi connectivity index (χ1n) is 24.8. The van der Waals surface area contributed by atoms with Crippen molar-refractivity contribution in [3.05, 3.63) is 0 Å². The number of carbonyl (C=O) groups excluding carboxylic acids is 3. The molecule has 0 radical (unpaired) electrons. The summed E-state index contributed by atoms with van der Waals surface area (Å²) in [5.74, 6) is 0.827. The van der Waals surface area contributed by atoms with Crippen molar-refractivity contribution in [2.75, 3.05) is 13.2 Å². The molecule has 0 aliphatic carbocycles. The first-order valence-corrected chi connectivity index (χ1v) is 24.8. The lowest BCUT2D eigenvalue weighted by Gasteiger charge is -2.18. The summed E-state index contributed by atoms with van der Waals surface area (Å²) in [6.07, 6.45) is 42.2. The van der Waals surface area contributed by atoms with Crippen LogP contribution in [0.2, 0.25) is 0 Å². The van der Waals surface area contributed by atoms with Gasteiger partial charge in [-0.3, -0.25) is 14.4 Å². The molecule has 0 rings (SSSR count). The Balaban J connectivity index is 4.33. The van der Waals surface area contributed by atoms with Crippen LogP contribution in [0.25, 0.3) is 0 Å². The van der Waals surface area contributed by atoms with Crippen LogP contribution in [0.15, 0.2) is 0 Å². The fourth-order valence-corrected chi connectivity index (χ4v) is 7.43. The molecule has 0 amide bonds. The van der Waals surface area contributed by atoms with Gasteiger partial charge >= 0.3 is 17.9 Å². The molecular formula is C50H96O6. The van der Waals surface area contributed by atoms with E-state index in [9.17, 15) is 14.4 Å². The molecule has 0 fully saturated rings. The van der Waals surface area contributed by atoms with Crippen LogP contribution in [0.3, 0.4) is 0 Å². The zero-order valence-electron chi connectivity index (χ0n) is 38.3. The van der Waals surface area contributed by atoms with E-state index in [0.29, 0.717) is 19.3 Å². The third-order valence-corrected chi connectivity index (χ3v) is 11.6. The average Bonchev–Trinajstić information content (AvgIpc) is 3.18. The Kier molecular flexibility index (Phi) is 41.8. The first kappa shape index (κ1) is 54.4. The standard InChI is InChI=1S/C50H96O6/c1-6-8-9-10-11-12-15-19-25-30-35-40-48(51)54-43-47(44-55-49(52)41-36-31-26-22-21-24-29-34-39-46(5)7-2)56-50(53)42-37-32-27-20-17-14-13-16-18-23-28-33-38-45(3)4/h45-47H,6-44H2,1-5H3/t46?,47-/m0/s1. The van der Waals surface area contributed by atoms with Crippen LogP contribution in [-0.2, 0) is 28.6 Å². The summed E-state index contributed by atoms with van der Waals surface area (Å²) in [7, 11) is 0. The molecule has 6 nitrogen and oxygen atoms in total. The Morgan fingerprint density at radius 3 is 1.02 bits per heavy atom. The lowest BCUT2D eigenvalue weighted by Crippen LogP contribution is -2.30. The van der Waals surface area contributed by atoms with E-state index in [1.54, 1.807) is 0 Å². The minimum absolute atomic E-state index is 0.0643. The van der Waals surface area contributed by atoms with Gasteiger partial charge in [0.15, 0.2) is 6.10 Å². The number of ether oxygens (including phenoxy) is 3. The van der Waals surface area contributed by atoms with Crippen LogP contribution < -0.4 is 0 Å². The third-order valence-electron chi connectivity index (χ3n) is 11.6. The topological polar surface area (TPSA) is 78.9 Å². The summed E-state index contributed by atoms with van der Waals surface area (Å²) in [4.78, 5) is 37.8. The van der Waals surface area contributed by atoms with E-state index in [0.717, 1.165) is 69.6 Å². The molecule has 0 aliphatic heterocycles. The van der Waals surface area contributed by atoms with E-state index in [2.05, 4.69) is 34.6 Å². The quantitative estimate of drug-likeness (QED) is 0.0347. The zero-order chi connectivity index (χ0) is 41.2. The molecule has 0 aromatic rings. The maximum Gasteiger partial charge on any atom is 0.306 e. The van der Waals surface area contributed by atoms with Crippen LogP contribution >= 0.6 is 0 Å². The Morgan fingerprint density at radius 1 is 0.375 bits per heavy atom. The molecule has 0 aromatic heterocycles. The Morgan fingerprint density at radius 2 is 0.679 bits per heavy atom. The summed E-state index contributed by atoms with van der Waals surface area (Å²) < 4.78 is 16.8. The number of carbonyl (C=O) groups is 3. The van der Waals surface area contributed by atoms with E-state index in [4.69, 9.17) is 14.2 Å². The van der Waals surface area contributed by atoms with E-state index >= 15 is 0 Å². The predicted octanol–water partition coefficient (Wildman–Crippen LogP) is 15.8. The normalized spacial score (nSPS) is 12.5. The summed E-state index contributed by atoms with van der Waals surface area (Å²) in [6, 6.07) is 0. The Hall–Kier alpha value is -1.59. The molecule has 0 bridgehead atoms. The Bertz CT molecular complexity index is 856. The molecule has 0 saturated heterocycles. The van der Waals surface area contributed by atoms with E-state index in [-0.39, 0.29) is 31.1 Å². The first-order chi connectivity index (χ1) is 27.3. The van der Waals surface area contributed by atoms with Crippen molar-refractivity contribution in [3.8, 4) is 0 Å². The van der Waals surface area contributed by atoms with E-state index < -0.39 is 6.10 Å². The highest BCUT2D eigenvalue weighted by atomic mass is 16.6. The van der Waals surface area contributed by atoms with Crippen LogP contribution in [0, 0.1) is 11.8 Å². The smallest absolute Gasteiger partial charge is 0.306 e. The molecular weight excluding hydrogens is 697 g/mol. The Labute approximate surface area is 348 Å². The van der Waals surface area contributed by atoms with Crippen molar-refractivity contribution in [1.82, 2.24) is 0 Å². The molecule has 1 unspecified atom stereocenters. The van der Waals surface area contributed by atoms with Crippen molar-refractivity contribution < 1.29 is 28.6 Å². The molecule has 332 valence electrons. The lowest BCUT2D eigenvalue weighted by atomic mass is 9.99. The summed E-state index contributed by atoms with van der Waals surface area (Å²) in [6.45, 7) is 11.4. The largest absolute Gasteiger partial charge is 0.462 e. The highest BCUT2D eigenvalue weighted by Gasteiger charge is 2.19. The number of hydrogen-bond acceptors (Lipinski definition) is 6. The van der Waals surface area contributed by atoms with Crippen LogP contribution in [0.4, 0.5) is 0 Å². The molecule has 0 heterocycles. The summed E-state index contributed by atoms with van der Waals surface area (Å²) >= 11 is 0. The highest BCUT2D eigenvalue weighted by Crippen LogP contribution is 2.17. The fourth-order valence-electron chi connectivity index (χ4n) is 7.43. The minimum Gasteiger partial charge on any atom is -0.462 e. The predicted molar refractivity (Wildman–Crippen MR) is 238 cm³/mol. The second kappa shape index (κ2) is 43.0. The van der Waals surface area contributed by atoms with Crippen molar-refractivity contribution in [1.29, 1.82) is 0 Å². The van der Waals surface area contributed by atoms with Gasteiger partial charge in [0.2, 0.25) is 0 Å². The maximum absolute atomic E-state index is 12.8. The van der Waals surface area contributed by atoms with Gasteiger partial charge in [-0.2, -0.15) is 0 Å². The minimum atomic E-state index is -0.761. The van der Waals surface area contributed by atoms with Crippen molar-refractivity contribution >= 4 is 17.9 Å². The maximum atomic E-state index is 12.8. The van der Waals surface area contributed by atoms with Crippen LogP contribution in [-0.4, -0.2) is 37.2 Å². The summed E-state index contributed by atoms with van der Waals surface area (Å²) in [5, 5.41) is 0. The van der Waals surface area contributed by atoms with Crippen LogP contribution in [0.1, 0.15) is 272 Å².